The van der Waals surface area contributed by atoms with E-state index in [-0.39, 0.29) is 19.3 Å². The fourth-order valence-corrected chi connectivity index (χ4v) is 7.75. The van der Waals surface area contributed by atoms with Crippen LogP contribution in [-0.4, -0.2) is 168 Å². The molecule has 2 fully saturated rings. The Morgan fingerprint density at radius 2 is 1.32 bits per heavy atom. The third-order valence-corrected chi connectivity index (χ3v) is 11.5. The van der Waals surface area contributed by atoms with Crippen molar-refractivity contribution in [2.24, 2.45) is 23.5 Å². The van der Waals surface area contributed by atoms with Crippen molar-refractivity contribution in [2.75, 3.05) is 7.11 Å². The molecule has 3 heterocycles. The topological polar surface area (TPSA) is 309 Å². The largest absolute Gasteiger partial charge is 0.469 e. The number of cyclic esters (lactones) is 1. The van der Waals surface area contributed by atoms with Gasteiger partial charge in [0.15, 0.2) is 12.1 Å². The minimum absolute atomic E-state index is 0.231. The standard InChI is InChI=1S/C48H75NO17/c1-28-18-16-14-12-10-8-6-7-9-11-13-15-17-19-35(65-47-45(59)42(49)44(58)31(4)64-47)25-39-41(46(60)62-5)38(55)27-48(61,66-39)26-34(52)23-37(54)36(53)21-20-32(50)22-33(51)24-40(56)63-30(3)29(2)43(28)57/h6-19,28-39,41-45,47,50-55,57-59,61H,20-27,49H2,1-5H3/t28-,29-,30-,31+,32+,33+,34-,35-,36+,37+,38-,39-,41+,42-,43+,44+,45-,47-,48+/m0/s1/i1D3,2D3. The van der Waals surface area contributed by atoms with Gasteiger partial charge >= 0.3 is 11.9 Å². The number of allylic oxidation sites excluding steroid dienone is 12. The van der Waals surface area contributed by atoms with Crippen molar-refractivity contribution in [3.8, 4) is 0 Å². The number of hydrogen-bond acceptors (Lipinski definition) is 18. The molecule has 2 bridgehead atoms. The Hall–Kier alpha value is -3.44. The maximum atomic E-state index is 13.1. The molecule has 0 radical (unpaired) electrons. The molecule has 18 nitrogen and oxygen atoms in total. The maximum absolute atomic E-state index is 13.1. The van der Waals surface area contributed by atoms with Crippen molar-refractivity contribution in [3.63, 3.8) is 0 Å². The van der Waals surface area contributed by atoms with Gasteiger partial charge in [0, 0.05) is 45.7 Å². The molecule has 3 aliphatic rings. The second-order valence-electron chi connectivity index (χ2n) is 17.1. The van der Waals surface area contributed by atoms with Crippen molar-refractivity contribution < 1.29 is 92.6 Å². The highest BCUT2D eigenvalue weighted by Gasteiger charge is 2.51. The van der Waals surface area contributed by atoms with Crippen LogP contribution >= 0.6 is 0 Å². The van der Waals surface area contributed by atoms with Gasteiger partial charge in [0.1, 0.15) is 18.1 Å². The fourth-order valence-electron chi connectivity index (χ4n) is 7.75. The molecule has 0 aromatic heterocycles. The van der Waals surface area contributed by atoms with Crippen LogP contribution in [0.25, 0.3) is 0 Å². The van der Waals surface area contributed by atoms with Crippen LogP contribution in [0.1, 0.15) is 87.1 Å². The molecule has 0 aliphatic carbocycles. The molecule has 374 valence electrons. The minimum Gasteiger partial charge on any atom is -0.469 e. The highest BCUT2D eigenvalue weighted by Crippen LogP contribution is 2.38. The summed E-state index contributed by atoms with van der Waals surface area (Å²) in [6.07, 6.45) is -2.43. The summed E-state index contributed by atoms with van der Waals surface area (Å²) in [7, 11) is 1.09. The Balaban J connectivity index is 1.96. The number of esters is 2. The van der Waals surface area contributed by atoms with Gasteiger partial charge in [-0.15, -0.1) is 0 Å². The number of nitrogens with two attached hydrogens (primary N) is 1. The molecule has 2 saturated heterocycles. The first-order valence-corrected chi connectivity index (χ1v) is 22.1. The van der Waals surface area contributed by atoms with Gasteiger partial charge < -0.3 is 80.5 Å². The van der Waals surface area contributed by atoms with Crippen molar-refractivity contribution in [3.05, 3.63) is 85.1 Å². The van der Waals surface area contributed by atoms with Gasteiger partial charge in [-0.25, -0.2) is 0 Å². The lowest BCUT2D eigenvalue weighted by atomic mass is 9.82. The predicted octanol–water partition coefficient (Wildman–Crippen LogP) is 0.800. The number of ether oxygens (including phenoxy) is 5. The Morgan fingerprint density at radius 1 is 0.712 bits per heavy atom. The van der Waals surface area contributed by atoms with E-state index >= 15 is 0 Å². The van der Waals surface area contributed by atoms with E-state index in [1.54, 1.807) is 60.8 Å². The molecule has 0 amide bonds. The summed E-state index contributed by atoms with van der Waals surface area (Å²) in [6.45, 7) is -3.20. The van der Waals surface area contributed by atoms with E-state index in [1.807, 2.05) is 0 Å². The van der Waals surface area contributed by atoms with Crippen LogP contribution in [0.2, 0.25) is 0 Å². The van der Waals surface area contributed by atoms with E-state index < -0.39 is 173 Å². The second-order valence-corrected chi connectivity index (χ2v) is 17.1. The molecule has 0 aromatic carbocycles. The molecule has 18 heteroatoms. The van der Waals surface area contributed by atoms with Gasteiger partial charge in [0.05, 0.1) is 86.7 Å². The Bertz CT molecular complexity index is 1900. The third kappa shape index (κ3) is 18.6. The van der Waals surface area contributed by atoms with Gasteiger partial charge in [-0.2, -0.15) is 0 Å². The summed E-state index contributed by atoms with van der Waals surface area (Å²) in [5.74, 6) is -9.32. The number of fused-ring (bicyclic) bond motifs is 2. The van der Waals surface area contributed by atoms with Gasteiger partial charge in [-0.1, -0.05) is 98.8 Å². The van der Waals surface area contributed by atoms with Crippen LogP contribution < -0.4 is 5.73 Å². The van der Waals surface area contributed by atoms with Crippen LogP contribution in [0.3, 0.4) is 0 Å². The Kier molecular flexibility index (Phi) is 20.3. The lowest BCUT2D eigenvalue weighted by molar-refractivity contribution is -0.308. The van der Waals surface area contributed by atoms with Crippen molar-refractivity contribution in [1.82, 2.24) is 0 Å². The zero-order valence-electron chi connectivity index (χ0n) is 43.5. The van der Waals surface area contributed by atoms with E-state index in [9.17, 15) is 60.7 Å². The molecular weight excluding hydrogens is 863 g/mol. The smallest absolute Gasteiger partial charge is 0.313 e. The molecule has 12 N–H and O–H groups in total. The molecule has 0 aromatic rings. The first-order valence-electron chi connectivity index (χ1n) is 25.1. The lowest BCUT2D eigenvalue weighted by Gasteiger charge is -2.45. The first-order chi connectivity index (χ1) is 33.6. The number of methoxy groups -OCH3 is 1. The van der Waals surface area contributed by atoms with Crippen molar-refractivity contribution in [2.45, 2.75) is 176 Å². The van der Waals surface area contributed by atoms with Crippen LogP contribution in [0.15, 0.2) is 85.1 Å². The van der Waals surface area contributed by atoms with Crippen LogP contribution in [0.5, 0.6) is 0 Å². The van der Waals surface area contributed by atoms with Crippen LogP contribution in [-0.2, 0) is 33.3 Å². The Labute approximate surface area is 396 Å². The van der Waals surface area contributed by atoms with Gasteiger partial charge in [0.2, 0.25) is 0 Å². The number of aliphatic hydroxyl groups excluding tert-OH is 9. The summed E-state index contributed by atoms with van der Waals surface area (Å²) in [6, 6.07) is -1.17. The molecule has 66 heavy (non-hydrogen) atoms. The zero-order chi connectivity index (χ0) is 54.1. The summed E-state index contributed by atoms with van der Waals surface area (Å²) < 4.78 is 76.4. The number of carbonyl (C=O) groups is 2. The molecule has 3 aliphatic heterocycles. The van der Waals surface area contributed by atoms with E-state index in [4.69, 9.17) is 37.6 Å². The molecule has 0 unspecified atom stereocenters. The van der Waals surface area contributed by atoms with E-state index in [2.05, 4.69) is 0 Å². The zero-order valence-corrected chi connectivity index (χ0v) is 37.5. The van der Waals surface area contributed by atoms with E-state index in [1.165, 1.54) is 32.1 Å². The molecule has 3 rings (SSSR count). The number of hydrogen-bond donors (Lipinski definition) is 11. The number of rotatable bonds is 3. The van der Waals surface area contributed by atoms with E-state index in [0.717, 1.165) is 13.2 Å². The normalized spacial score (nSPS) is 43.3. The van der Waals surface area contributed by atoms with E-state index in [0.29, 0.717) is 0 Å². The average Bonchev–Trinajstić information content (AvgIpc) is 3.25. The van der Waals surface area contributed by atoms with Gasteiger partial charge in [0.25, 0.3) is 0 Å². The predicted molar refractivity (Wildman–Crippen MR) is 241 cm³/mol. The Morgan fingerprint density at radius 3 is 1.91 bits per heavy atom. The highest BCUT2D eigenvalue weighted by atomic mass is 16.7. The van der Waals surface area contributed by atoms with Crippen LogP contribution in [0, 0.1) is 17.8 Å². The summed E-state index contributed by atoms with van der Waals surface area (Å²) in [5.41, 5.74) is 6.04. The third-order valence-electron chi connectivity index (χ3n) is 11.5. The van der Waals surface area contributed by atoms with Gasteiger partial charge in [-0.05, 0) is 33.1 Å². The average molecular weight is 944 g/mol. The summed E-state index contributed by atoms with van der Waals surface area (Å²) in [5, 5.41) is 109. The fraction of sp³-hybridized carbons (Fsp3) is 0.667. The number of carbonyl (C=O) groups excluding carboxylic acids is 2. The van der Waals surface area contributed by atoms with Crippen molar-refractivity contribution >= 4 is 11.9 Å². The molecule has 19 atom stereocenters. The quantitative estimate of drug-likeness (QED) is 0.174. The summed E-state index contributed by atoms with van der Waals surface area (Å²) >= 11 is 0. The lowest BCUT2D eigenvalue weighted by Crippen LogP contribution is -2.61. The highest BCUT2D eigenvalue weighted by molar-refractivity contribution is 5.74. The first kappa shape index (κ1) is 47.6. The monoisotopic (exact) mass is 944 g/mol. The molecule has 0 saturated carbocycles. The minimum atomic E-state index is -3.01. The molecule has 0 spiro atoms. The van der Waals surface area contributed by atoms with Crippen LogP contribution in [0.4, 0.5) is 0 Å². The summed E-state index contributed by atoms with van der Waals surface area (Å²) in [4.78, 5) is 25.9. The second kappa shape index (κ2) is 28.1. The molecular formula is C48H75NO17. The SMILES string of the molecule is [2H]C([2H])([2H])[C@@H]1[C@H](O)[C@@H](C([2H])([2H])[2H])C=CC=CC=CC=CC=CC=CC=C[C@H](O[C@@H]2O[C@H](C)[C@@H](O)[C@H](N)[C@@H]2O)C[C@@H]2O[C@](O)(C[C@@H](O)C[C@@H](O)[C@H](O)CC[C@@H](O)C[C@@H](O)CC(=O)O[C@H]1C)C[C@H](O)[C@H]2C(=O)OC. The number of aliphatic hydroxyl groups is 10. The van der Waals surface area contributed by atoms with Gasteiger partial charge in [-0.3, -0.25) is 9.59 Å². The van der Waals surface area contributed by atoms with Crippen molar-refractivity contribution in [1.29, 1.82) is 0 Å². The maximum Gasteiger partial charge on any atom is 0.313 e.